The first-order valence-electron chi connectivity index (χ1n) is 7.25. The first-order valence-corrected chi connectivity index (χ1v) is 7.63. The molecule has 2 N–H and O–H groups in total. The molecule has 1 fully saturated rings. The Kier molecular flexibility index (Phi) is 6.14. The molecule has 8 nitrogen and oxygen atoms in total. The molecular formula is C15H16ClN3O5. The monoisotopic (exact) mass is 353 g/mol. The van der Waals surface area contributed by atoms with Gasteiger partial charge in [-0.1, -0.05) is 23.7 Å². The zero-order valence-corrected chi connectivity index (χ0v) is 13.5. The number of carbonyl (C=O) groups excluding carboxylic acids is 4. The normalized spacial score (nSPS) is 13.8. The molecule has 128 valence electrons. The summed E-state index contributed by atoms with van der Waals surface area (Å²) in [5.41, 5.74) is 4.36. The SMILES string of the molecule is O=C(CCN1C(=O)CCC1=O)NNC(=O)COc1ccccc1Cl. The highest BCUT2D eigenvalue weighted by Gasteiger charge is 2.28. The fourth-order valence-corrected chi connectivity index (χ4v) is 2.22. The summed E-state index contributed by atoms with van der Waals surface area (Å²) in [6.07, 6.45) is 0.260. The quantitative estimate of drug-likeness (QED) is 0.569. The van der Waals surface area contributed by atoms with Gasteiger partial charge in [-0.25, -0.2) is 0 Å². The van der Waals surface area contributed by atoms with Crippen molar-refractivity contribution < 1.29 is 23.9 Å². The smallest absolute Gasteiger partial charge is 0.276 e. The van der Waals surface area contributed by atoms with Gasteiger partial charge < -0.3 is 4.74 Å². The fraction of sp³-hybridized carbons (Fsp3) is 0.333. The Labute approximate surface area is 143 Å². The lowest BCUT2D eigenvalue weighted by molar-refractivity contribution is -0.139. The Hall–Kier alpha value is -2.61. The molecule has 0 unspecified atom stereocenters. The molecule has 24 heavy (non-hydrogen) atoms. The summed E-state index contributed by atoms with van der Waals surface area (Å²) < 4.78 is 5.21. The molecule has 1 aliphatic heterocycles. The van der Waals surface area contributed by atoms with Crippen LogP contribution in [0.1, 0.15) is 19.3 Å². The number of nitrogens with zero attached hydrogens (tertiary/aromatic N) is 1. The van der Waals surface area contributed by atoms with Crippen LogP contribution in [0.15, 0.2) is 24.3 Å². The first kappa shape index (κ1) is 17.7. The molecule has 0 aromatic heterocycles. The van der Waals surface area contributed by atoms with Crippen molar-refractivity contribution in [2.45, 2.75) is 19.3 Å². The fourth-order valence-electron chi connectivity index (χ4n) is 2.03. The Balaban J connectivity index is 1.66. The highest BCUT2D eigenvalue weighted by atomic mass is 35.5. The largest absolute Gasteiger partial charge is 0.482 e. The number of ether oxygens (including phenoxy) is 1. The van der Waals surface area contributed by atoms with Crippen LogP contribution in [0.5, 0.6) is 5.75 Å². The number of carbonyl (C=O) groups is 4. The van der Waals surface area contributed by atoms with Gasteiger partial charge in [0.1, 0.15) is 5.75 Å². The number of imide groups is 1. The first-order chi connectivity index (χ1) is 11.5. The predicted octanol–water partition coefficient (Wildman–Crippen LogP) is 0.405. The number of hydrazine groups is 1. The lowest BCUT2D eigenvalue weighted by Crippen LogP contribution is -2.45. The van der Waals surface area contributed by atoms with E-state index in [0.29, 0.717) is 10.8 Å². The molecule has 4 amide bonds. The van der Waals surface area contributed by atoms with E-state index >= 15 is 0 Å². The van der Waals surface area contributed by atoms with Gasteiger partial charge in [0.15, 0.2) is 6.61 Å². The summed E-state index contributed by atoms with van der Waals surface area (Å²) in [4.78, 5) is 47.0. The third-order valence-corrected chi connectivity index (χ3v) is 3.57. The lowest BCUT2D eigenvalue weighted by atomic mass is 10.3. The minimum Gasteiger partial charge on any atom is -0.482 e. The maximum absolute atomic E-state index is 11.6. The summed E-state index contributed by atoms with van der Waals surface area (Å²) in [5, 5.41) is 0.370. The van der Waals surface area contributed by atoms with E-state index in [4.69, 9.17) is 16.3 Å². The lowest BCUT2D eigenvalue weighted by Gasteiger charge is -2.13. The van der Waals surface area contributed by atoms with Crippen LogP contribution in [-0.2, 0) is 19.2 Å². The van der Waals surface area contributed by atoms with Crippen molar-refractivity contribution in [3.8, 4) is 5.75 Å². The number of halogens is 1. The number of rotatable bonds is 6. The van der Waals surface area contributed by atoms with Crippen molar-refractivity contribution in [3.05, 3.63) is 29.3 Å². The van der Waals surface area contributed by atoms with E-state index in [2.05, 4.69) is 10.9 Å². The van der Waals surface area contributed by atoms with Crippen LogP contribution in [0.2, 0.25) is 5.02 Å². The van der Waals surface area contributed by atoms with E-state index in [1.54, 1.807) is 24.3 Å². The number of hydrogen-bond donors (Lipinski definition) is 2. The van der Waals surface area contributed by atoms with Gasteiger partial charge in [0, 0.05) is 25.8 Å². The second kappa shape index (κ2) is 8.30. The average molecular weight is 354 g/mol. The molecule has 9 heteroatoms. The highest BCUT2D eigenvalue weighted by molar-refractivity contribution is 6.32. The Morgan fingerprint density at radius 2 is 1.71 bits per heavy atom. The summed E-state index contributed by atoms with van der Waals surface area (Å²) in [6, 6.07) is 6.67. The number of hydrogen-bond acceptors (Lipinski definition) is 5. The summed E-state index contributed by atoms with van der Waals surface area (Å²) in [7, 11) is 0. The van der Waals surface area contributed by atoms with E-state index < -0.39 is 11.8 Å². The molecule has 1 aliphatic rings. The van der Waals surface area contributed by atoms with Crippen molar-refractivity contribution in [2.75, 3.05) is 13.2 Å². The minimum absolute atomic E-state index is 0.00447. The van der Waals surface area contributed by atoms with Gasteiger partial charge in [-0.15, -0.1) is 0 Å². The van der Waals surface area contributed by atoms with Crippen molar-refractivity contribution >= 4 is 35.2 Å². The van der Waals surface area contributed by atoms with Crippen molar-refractivity contribution in [1.29, 1.82) is 0 Å². The van der Waals surface area contributed by atoms with E-state index in [0.717, 1.165) is 4.90 Å². The minimum atomic E-state index is -0.573. The van der Waals surface area contributed by atoms with Crippen LogP contribution >= 0.6 is 11.6 Å². The van der Waals surface area contributed by atoms with Gasteiger partial charge in [-0.2, -0.15) is 0 Å². The Bertz CT molecular complexity index is 648. The molecule has 0 bridgehead atoms. The zero-order chi connectivity index (χ0) is 17.5. The van der Waals surface area contributed by atoms with E-state index in [1.165, 1.54) is 0 Å². The number of likely N-dealkylation sites (tertiary alicyclic amines) is 1. The Morgan fingerprint density at radius 3 is 2.38 bits per heavy atom. The highest BCUT2D eigenvalue weighted by Crippen LogP contribution is 2.22. The van der Waals surface area contributed by atoms with Gasteiger partial charge >= 0.3 is 0 Å². The molecule has 0 radical (unpaired) electrons. The molecule has 1 aromatic carbocycles. The Morgan fingerprint density at radius 1 is 1.08 bits per heavy atom. The number of amides is 4. The molecule has 0 spiro atoms. The topological polar surface area (TPSA) is 105 Å². The second-order valence-corrected chi connectivity index (χ2v) is 5.41. The molecule has 0 saturated carbocycles. The summed E-state index contributed by atoms with van der Waals surface area (Å²) >= 11 is 5.88. The van der Waals surface area contributed by atoms with Crippen LogP contribution in [0.25, 0.3) is 0 Å². The van der Waals surface area contributed by atoms with Crippen LogP contribution in [0.3, 0.4) is 0 Å². The van der Waals surface area contributed by atoms with Crippen LogP contribution in [-0.4, -0.2) is 41.7 Å². The number of nitrogens with one attached hydrogen (secondary N) is 2. The maximum atomic E-state index is 11.6. The van der Waals surface area contributed by atoms with Crippen molar-refractivity contribution in [2.24, 2.45) is 0 Å². The van der Waals surface area contributed by atoms with Crippen LogP contribution < -0.4 is 15.6 Å². The molecule has 2 rings (SSSR count). The van der Waals surface area contributed by atoms with Crippen LogP contribution in [0, 0.1) is 0 Å². The third-order valence-electron chi connectivity index (χ3n) is 3.25. The average Bonchev–Trinajstić information content (AvgIpc) is 2.88. The molecule has 0 atom stereocenters. The third kappa shape index (κ3) is 4.95. The van der Waals surface area contributed by atoms with Crippen LogP contribution in [0.4, 0.5) is 0 Å². The number of para-hydroxylation sites is 1. The molecule has 1 saturated heterocycles. The van der Waals surface area contributed by atoms with E-state index in [9.17, 15) is 19.2 Å². The molecule has 1 heterocycles. The maximum Gasteiger partial charge on any atom is 0.276 e. The van der Waals surface area contributed by atoms with Gasteiger partial charge in [-0.05, 0) is 12.1 Å². The summed E-state index contributed by atoms with van der Waals surface area (Å²) in [6.45, 7) is -0.331. The van der Waals surface area contributed by atoms with Gasteiger partial charge in [0.25, 0.3) is 5.91 Å². The molecular weight excluding hydrogens is 338 g/mol. The second-order valence-electron chi connectivity index (χ2n) is 5.00. The summed E-state index contributed by atoms with van der Waals surface area (Å²) in [5.74, 6) is -1.31. The zero-order valence-electron chi connectivity index (χ0n) is 12.7. The van der Waals surface area contributed by atoms with Gasteiger partial charge in [0.2, 0.25) is 17.7 Å². The van der Waals surface area contributed by atoms with Gasteiger partial charge in [0.05, 0.1) is 5.02 Å². The standard InChI is InChI=1S/C15H16ClN3O5/c16-10-3-1-2-4-11(10)24-9-13(21)18-17-12(20)7-8-19-14(22)5-6-15(19)23/h1-4H,5-9H2,(H,17,20)(H,18,21). The predicted molar refractivity (Wildman–Crippen MR) is 83.8 cm³/mol. The van der Waals surface area contributed by atoms with Crippen molar-refractivity contribution in [1.82, 2.24) is 15.8 Å². The molecule has 0 aliphatic carbocycles. The molecule has 1 aromatic rings. The van der Waals surface area contributed by atoms with E-state index in [-0.39, 0.29) is 44.2 Å². The van der Waals surface area contributed by atoms with Crippen molar-refractivity contribution in [3.63, 3.8) is 0 Å². The van der Waals surface area contributed by atoms with Gasteiger partial charge in [-0.3, -0.25) is 34.9 Å². The number of benzene rings is 1. The van der Waals surface area contributed by atoms with E-state index in [1.807, 2.05) is 0 Å².